The van der Waals surface area contributed by atoms with Gasteiger partial charge >= 0.3 is 0 Å². The molecular weight excluding hydrogens is 391 g/mol. The average molecular weight is 410 g/mol. The van der Waals surface area contributed by atoms with E-state index in [1.807, 2.05) is 12.1 Å². The molecule has 4 N–H and O–H groups in total. The highest BCUT2D eigenvalue weighted by atomic mass is 19.1. The van der Waals surface area contributed by atoms with Gasteiger partial charge in [0.2, 0.25) is 5.95 Å². The monoisotopic (exact) mass is 410 g/mol. The predicted octanol–water partition coefficient (Wildman–Crippen LogP) is 3.71. The molecule has 0 aliphatic heterocycles. The highest BCUT2D eigenvalue weighted by Crippen LogP contribution is 2.33. The highest BCUT2D eigenvalue weighted by molar-refractivity contribution is 5.94. The van der Waals surface area contributed by atoms with E-state index < -0.39 is 5.82 Å². The fraction of sp³-hybridized carbons (Fsp3) is 0.143. The molecule has 0 bridgehead atoms. The number of nitrogens with zero attached hydrogens (tertiary/aromatic N) is 2. The van der Waals surface area contributed by atoms with E-state index in [0.29, 0.717) is 28.1 Å². The molecule has 0 saturated carbocycles. The molecule has 0 amide bonds. The van der Waals surface area contributed by atoms with Gasteiger partial charge in [-0.25, -0.2) is 9.37 Å². The summed E-state index contributed by atoms with van der Waals surface area (Å²) < 4.78 is 25.4. The lowest BCUT2D eigenvalue weighted by atomic mass is 10.2. The Hall–Kier alpha value is -3.69. The molecule has 0 aliphatic carbocycles. The van der Waals surface area contributed by atoms with Gasteiger partial charge in [0.05, 0.1) is 18.5 Å². The Morgan fingerprint density at radius 2 is 1.93 bits per heavy atom. The molecular formula is C21H19FN4O4. The molecule has 30 heavy (non-hydrogen) atoms. The van der Waals surface area contributed by atoms with E-state index in [-0.39, 0.29) is 37.3 Å². The molecule has 9 heteroatoms. The van der Waals surface area contributed by atoms with E-state index in [0.717, 1.165) is 6.20 Å². The van der Waals surface area contributed by atoms with Crippen molar-refractivity contribution in [2.75, 3.05) is 23.8 Å². The van der Waals surface area contributed by atoms with Crippen molar-refractivity contribution in [3.05, 3.63) is 66.3 Å². The summed E-state index contributed by atoms with van der Waals surface area (Å²) in [4.78, 5) is 8.17. The Morgan fingerprint density at radius 3 is 2.77 bits per heavy atom. The summed E-state index contributed by atoms with van der Waals surface area (Å²) in [6, 6.07) is 14.2. The lowest BCUT2D eigenvalue weighted by Gasteiger charge is -2.11. The van der Waals surface area contributed by atoms with E-state index in [9.17, 15) is 9.50 Å². The summed E-state index contributed by atoms with van der Waals surface area (Å²) in [5, 5.41) is 25.1. The van der Waals surface area contributed by atoms with Crippen molar-refractivity contribution in [3.8, 4) is 5.75 Å². The Morgan fingerprint density at radius 1 is 1.07 bits per heavy atom. The second kappa shape index (κ2) is 8.76. The molecule has 2 aromatic carbocycles. The standard InChI is InChI=1S/C21H19FN4O4/c22-16-11-23-21(24-13-4-3-5-14(10-13)29-9-8-27)26-20(16)25-19-15-6-1-2-7-17(15)30-18(19)12-28/h1-7,10-11,27-28H,8-9,12H2,(H2,23,24,25,26). The summed E-state index contributed by atoms with van der Waals surface area (Å²) in [6.07, 6.45) is 1.05. The van der Waals surface area contributed by atoms with E-state index in [2.05, 4.69) is 20.6 Å². The number of hydrogen-bond acceptors (Lipinski definition) is 8. The van der Waals surface area contributed by atoms with E-state index in [1.165, 1.54) is 0 Å². The summed E-state index contributed by atoms with van der Waals surface area (Å²) >= 11 is 0. The van der Waals surface area contributed by atoms with Crippen LogP contribution in [0, 0.1) is 5.82 Å². The molecule has 0 spiro atoms. The summed E-state index contributed by atoms with van der Waals surface area (Å²) in [6.45, 7) is -0.266. The van der Waals surface area contributed by atoms with Gasteiger partial charge in [-0.2, -0.15) is 4.98 Å². The molecule has 8 nitrogen and oxygen atoms in total. The normalized spacial score (nSPS) is 10.9. The third-order valence-corrected chi connectivity index (χ3v) is 4.25. The minimum absolute atomic E-state index is 0.0681. The number of aromatic nitrogens is 2. The van der Waals surface area contributed by atoms with Gasteiger partial charge in [0, 0.05) is 17.1 Å². The fourth-order valence-corrected chi connectivity index (χ4v) is 2.93. The first-order valence-corrected chi connectivity index (χ1v) is 9.19. The SMILES string of the molecule is OCCOc1cccc(Nc2ncc(F)c(Nc3c(CO)oc4ccccc34)n2)c1. The van der Waals surface area contributed by atoms with Crippen molar-refractivity contribution in [3.63, 3.8) is 0 Å². The summed E-state index contributed by atoms with van der Waals surface area (Å²) in [5.74, 6) is 0.275. The van der Waals surface area contributed by atoms with Crippen LogP contribution in [0.4, 0.5) is 27.5 Å². The van der Waals surface area contributed by atoms with Crippen LogP contribution in [0.5, 0.6) is 5.75 Å². The van der Waals surface area contributed by atoms with Gasteiger partial charge in [0.1, 0.15) is 24.5 Å². The smallest absolute Gasteiger partial charge is 0.229 e. The van der Waals surface area contributed by atoms with Crippen LogP contribution in [-0.4, -0.2) is 33.4 Å². The first-order valence-electron chi connectivity index (χ1n) is 9.19. The number of anilines is 4. The van der Waals surface area contributed by atoms with E-state index in [1.54, 1.807) is 36.4 Å². The summed E-state index contributed by atoms with van der Waals surface area (Å²) in [5.41, 5.74) is 1.64. The molecule has 0 saturated heterocycles. The second-order valence-electron chi connectivity index (χ2n) is 6.29. The number of furan rings is 1. The second-order valence-corrected chi connectivity index (χ2v) is 6.29. The Labute approximate surface area is 171 Å². The first kappa shape index (κ1) is 19.6. The van der Waals surface area contributed by atoms with Gasteiger partial charge in [-0.15, -0.1) is 0 Å². The summed E-state index contributed by atoms with van der Waals surface area (Å²) in [7, 11) is 0. The molecule has 0 aliphatic rings. The Balaban J connectivity index is 1.60. The number of rotatable bonds is 8. The maximum atomic E-state index is 14.4. The minimum atomic E-state index is -0.658. The van der Waals surface area contributed by atoms with Crippen LogP contribution in [0.3, 0.4) is 0 Å². The number of para-hydroxylation sites is 1. The van der Waals surface area contributed by atoms with Gasteiger partial charge < -0.3 is 30.0 Å². The number of ether oxygens (including phenoxy) is 1. The third kappa shape index (κ3) is 4.17. The largest absolute Gasteiger partial charge is 0.491 e. The number of fused-ring (bicyclic) bond motifs is 1. The number of hydrogen-bond donors (Lipinski definition) is 4. The maximum absolute atomic E-state index is 14.4. The quantitative estimate of drug-likeness (QED) is 0.348. The zero-order chi connectivity index (χ0) is 20.9. The van der Waals surface area contributed by atoms with Crippen LogP contribution in [0.1, 0.15) is 5.76 Å². The molecule has 0 radical (unpaired) electrons. The van der Waals surface area contributed by atoms with Crippen LogP contribution in [0.2, 0.25) is 0 Å². The van der Waals surface area contributed by atoms with Gasteiger partial charge in [-0.1, -0.05) is 18.2 Å². The molecule has 0 unspecified atom stereocenters. The fourth-order valence-electron chi connectivity index (χ4n) is 2.93. The van der Waals surface area contributed by atoms with Crippen LogP contribution < -0.4 is 15.4 Å². The van der Waals surface area contributed by atoms with Gasteiger partial charge in [-0.3, -0.25) is 0 Å². The lowest BCUT2D eigenvalue weighted by Crippen LogP contribution is -2.05. The van der Waals surface area contributed by atoms with Gasteiger partial charge in [0.15, 0.2) is 17.4 Å². The van der Waals surface area contributed by atoms with Crippen molar-refractivity contribution >= 4 is 34.1 Å². The number of aliphatic hydroxyl groups is 2. The van der Waals surface area contributed by atoms with Gasteiger partial charge in [-0.05, 0) is 24.3 Å². The van der Waals surface area contributed by atoms with E-state index >= 15 is 0 Å². The number of benzene rings is 2. The topological polar surface area (TPSA) is 113 Å². The predicted molar refractivity (Wildman–Crippen MR) is 110 cm³/mol. The van der Waals surface area contributed by atoms with Crippen LogP contribution in [0.25, 0.3) is 11.0 Å². The highest BCUT2D eigenvalue weighted by Gasteiger charge is 2.16. The molecule has 4 aromatic rings. The Kier molecular flexibility index (Phi) is 5.73. The molecule has 0 fully saturated rings. The Bertz CT molecular complexity index is 1160. The average Bonchev–Trinajstić information content (AvgIpc) is 3.12. The minimum Gasteiger partial charge on any atom is -0.491 e. The number of nitrogens with one attached hydrogen (secondary N) is 2. The maximum Gasteiger partial charge on any atom is 0.229 e. The van der Waals surface area contributed by atoms with Crippen molar-refractivity contribution in [1.82, 2.24) is 9.97 Å². The number of halogens is 1. The molecule has 2 heterocycles. The van der Waals surface area contributed by atoms with Crippen LogP contribution in [-0.2, 0) is 6.61 Å². The van der Waals surface area contributed by atoms with Crippen molar-refractivity contribution in [1.29, 1.82) is 0 Å². The van der Waals surface area contributed by atoms with Crippen LogP contribution >= 0.6 is 0 Å². The lowest BCUT2D eigenvalue weighted by molar-refractivity contribution is 0.201. The van der Waals surface area contributed by atoms with Crippen molar-refractivity contribution < 1.29 is 23.8 Å². The molecule has 154 valence electrons. The molecule has 0 atom stereocenters. The molecule has 2 aromatic heterocycles. The first-order chi connectivity index (χ1) is 14.7. The molecule has 4 rings (SSSR count). The zero-order valence-electron chi connectivity index (χ0n) is 15.8. The van der Waals surface area contributed by atoms with E-state index in [4.69, 9.17) is 14.3 Å². The van der Waals surface area contributed by atoms with Gasteiger partial charge in [0.25, 0.3) is 0 Å². The zero-order valence-corrected chi connectivity index (χ0v) is 15.8. The van der Waals surface area contributed by atoms with Crippen LogP contribution in [0.15, 0.2) is 59.1 Å². The van der Waals surface area contributed by atoms with Crippen molar-refractivity contribution in [2.45, 2.75) is 6.61 Å². The van der Waals surface area contributed by atoms with Crippen molar-refractivity contribution in [2.24, 2.45) is 0 Å². The third-order valence-electron chi connectivity index (χ3n) is 4.25. The number of aliphatic hydroxyl groups excluding tert-OH is 2.